The van der Waals surface area contributed by atoms with Crippen LogP contribution in [0.5, 0.6) is 5.75 Å². The number of methoxy groups -OCH3 is 1. The van der Waals surface area contributed by atoms with Crippen molar-refractivity contribution in [2.24, 2.45) is 0 Å². The van der Waals surface area contributed by atoms with Gasteiger partial charge in [0.2, 0.25) is 5.89 Å². The highest BCUT2D eigenvalue weighted by Gasteiger charge is 2.09. The summed E-state index contributed by atoms with van der Waals surface area (Å²) >= 11 is 3.31. The van der Waals surface area contributed by atoms with Crippen molar-refractivity contribution >= 4 is 27.2 Å². The van der Waals surface area contributed by atoms with Crippen LogP contribution in [-0.4, -0.2) is 17.1 Å². The zero-order valence-corrected chi connectivity index (χ0v) is 11.1. The molecule has 0 bridgehead atoms. The van der Waals surface area contributed by atoms with Crippen LogP contribution in [0.2, 0.25) is 0 Å². The molecule has 0 N–H and O–H groups in total. The Hall–Kier alpha value is -1.88. The molecule has 3 rings (SSSR count). The van der Waals surface area contributed by atoms with Crippen molar-refractivity contribution in [3.8, 4) is 17.2 Å². The summed E-state index contributed by atoms with van der Waals surface area (Å²) in [6, 6.07) is 11.2. The Morgan fingerprint density at radius 3 is 2.56 bits per heavy atom. The third kappa shape index (κ3) is 1.97. The smallest absolute Gasteiger partial charge is 0.228 e. The number of nitrogens with zero attached hydrogens (tertiary/aromatic N) is 2. The number of pyridine rings is 1. The lowest BCUT2D eigenvalue weighted by molar-refractivity contribution is 0.415. The van der Waals surface area contributed by atoms with Gasteiger partial charge >= 0.3 is 0 Å². The second kappa shape index (κ2) is 4.42. The van der Waals surface area contributed by atoms with Gasteiger partial charge in [0.25, 0.3) is 0 Å². The van der Waals surface area contributed by atoms with Crippen molar-refractivity contribution in [1.29, 1.82) is 0 Å². The van der Waals surface area contributed by atoms with Crippen LogP contribution in [0.3, 0.4) is 0 Å². The molecular weight excluding hydrogens is 296 g/mol. The van der Waals surface area contributed by atoms with Crippen LogP contribution < -0.4 is 4.74 Å². The molecule has 0 aliphatic carbocycles. The largest absolute Gasteiger partial charge is 0.497 e. The van der Waals surface area contributed by atoms with E-state index in [1.54, 1.807) is 7.11 Å². The van der Waals surface area contributed by atoms with E-state index in [0.29, 0.717) is 17.1 Å². The first kappa shape index (κ1) is 11.2. The molecule has 2 aromatic heterocycles. The first-order valence-electron chi connectivity index (χ1n) is 5.34. The molecule has 2 heterocycles. The highest BCUT2D eigenvalue weighted by Crippen LogP contribution is 2.25. The monoisotopic (exact) mass is 304 g/mol. The maximum absolute atomic E-state index is 5.65. The van der Waals surface area contributed by atoms with Gasteiger partial charge in [-0.1, -0.05) is 0 Å². The first-order chi connectivity index (χ1) is 8.76. The second-order valence-electron chi connectivity index (χ2n) is 3.70. The van der Waals surface area contributed by atoms with Crippen molar-refractivity contribution in [1.82, 2.24) is 9.97 Å². The van der Waals surface area contributed by atoms with Gasteiger partial charge in [-0.3, -0.25) is 0 Å². The highest BCUT2D eigenvalue weighted by atomic mass is 79.9. The van der Waals surface area contributed by atoms with Crippen LogP contribution >= 0.6 is 15.9 Å². The Labute approximate surface area is 112 Å². The minimum atomic E-state index is 0.554. The van der Waals surface area contributed by atoms with Crippen LogP contribution in [0.15, 0.2) is 45.4 Å². The predicted octanol–water partition coefficient (Wildman–Crippen LogP) is 3.66. The van der Waals surface area contributed by atoms with Crippen molar-refractivity contribution in [3.05, 3.63) is 41.0 Å². The summed E-state index contributed by atoms with van der Waals surface area (Å²) in [5.41, 5.74) is 2.16. The minimum Gasteiger partial charge on any atom is -0.497 e. The Bertz CT molecular complexity index is 692. The summed E-state index contributed by atoms with van der Waals surface area (Å²) in [5.74, 6) is 1.36. The maximum Gasteiger partial charge on any atom is 0.228 e. The first-order valence-corrected chi connectivity index (χ1v) is 6.13. The molecule has 90 valence electrons. The van der Waals surface area contributed by atoms with Crippen LogP contribution in [0, 0.1) is 0 Å². The van der Waals surface area contributed by atoms with E-state index >= 15 is 0 Å². The predicted molar refractivity (Wildman–Crippen MR) is 71.5 cm³/mol. The summed E-state index contributed by atoms with van der Waals surface area (Å²) in [6.07, 6.45) is 0. The zero-order chi connectivity index (χ0) is 12.5. The summed E-state index contributed by atoms with van der Waals surface area (Å²) in [4.78, 5) is 8.59. The third-order valence-electron chi connectivity index (χ3n) is 2.56. The Morgan fingerprint density at radius 1 is 1.06 bits per heavy atom. The number of halogens is 1. The molecule has 3 aromatic rings. The van der Waals surface area contributed by atoms with E-state index in [1.807, 2.05) is 36.4 Å². The van der Waals surface area contributed by atoms with E-state index in [1.165, 1.54) is 0 Å². The van der Waals surface area contributed by atoms with Gasteiger partial charge < -0.3 is 9.15 Å². The fourth-order valence-corrected chi connectivity index (χ4v) is 1.95. The molecule has 0 radical (unpaired) electrons. The molecule has 18 heavy (non-hydrogen) atoms. The van der Waals surface area contributed by atoms with Crippen LogP contribution in [0.4, 0.5) is 0 Å². The summed E-state index contributed by atoms with van der Waals surface area (Å²) < 4.78 is 11.5. The molecule has 4 nitrogen and oxygen atoms in total. The number of oxazole rings is 1. The van der Waals surface area contributed by atoms with Gasteiger partial charge in [-0.15, -0.1) is 0 Å². The van der Waals surface area contributed by atoms with Gasteiger partial charge in [0.1, 0.15) is 10.4 Å². The summed E-state index contributed by atoms with van der Waals surface area (Å²) in [7, 11) is 1.63. The highest BCUT2D eigenvalue weighted by molar-refractivity contribution is 9.10. The molecular formula is C13H9BrN2O2. The van der Waals surface area contributed by atoms with Crippen molar-refractivity contribution < 1.29 is 9.15 Å². The SMILES string of the molecule is COc1ccc(-c2nc3nc(Br)ccc3o2)cc1. The molecule has 0 aliphatic heterocycles. The molecule has 0 aliphatic rings. The lowest BCUT2D eigenvalue weighted by Crippen LogP contribution is -1.82. The molecule has 0 fully saturated rings. The van der Waals surface area contributed by atoms with Gasteiger partial charge in [-0.25, -0.2) is 4.98 Å². The summed E-state index contributed by atoms with van der Waals surface area (Å²) in [5, 5.41) is 0. The number of hydrogen-bond donors (Lipinski definition) is 0. The van der Waals surface area contributed by atoms with E-state index in [4.69, 9.17) is 9.15 Å². The molecule has 0 atom stereocenters. The van der Waals surface area contributed by atoms with Crippen LogP contribution in [-0.2, 0) is 0 Å². The number of aromatic nitrogens is 2. The Kier molecular flexibility index (Phi) is 2.76. The molecule has 5 heteroatoms. The van der Waals surface area contributed by atoms with Gasteiger partial charge in [0.05, 0.1) is 7.11 Å². The Morgan fingerprint density at radius 2 is 1.83 bits per heavy atom. The maximum atomic E-state index is 5.65. The molecule has 0 unspecified atom stereocenters. The van der Waals surface area contributed by atoms with E-state index in [2.05, 4.69) is 25.9 Å². The van der Waals surface area contributed by atoms with E-state index in [9.17, 15) is 0 Å². The number of rotatable bonds is 2. The van der Waals surface area contributed by atoms with Crippen LogP contribution in [0.1, 0.15) is 0 Å². The second-order valence-corrected chi connectivity index (χ2v) is 4.52. The minimum absolute atomic E-state index is 0.554. The average molecular weight is 305 g/mol. The summed E-state index contributed by atoms with van der Waals surface area (Å²) in [6.45, 7) is 0. The lowest BCUT2D eigenvalue weighted by atomic mass is 10.2. The molecule has 0 amide bonds. The molecule has 0 saturated carbocycles. The van der Waals surface area contributed by atoms with Crippen molar-refractivity contribution in [3.63, 3.8) is 0 Å². The number of hydrogen-bond acceptors (Lipinski definition) is 4. The average Bonchev–Trinajstić information content (AvgIpc) is 2.81. The topological polar surface area (TPSA) is 48.2 Å². The quantitative estimate of drug-likeness (QED) is 0.678. The Balaban J connectivity index is 2.07. The van der Waals surface area contributed by atoms with Gasteiger partial charge in [0.15, 0.2) is 11.2 Å². The van der Waals surface area contributed by atoms with Gasteiger partial charge in [0, 0.05) is 5.56 Å². The van der Waals surface area contributed by atoms with E-state index < -0.39 is 0 Å². The molecule has 0 saturated heterocycles. The molecule has 1 aromatic carbocycles. The van der Waals surface area contributed by atoms with Gasteiger partial charge in [-0.2, -0.15) is 4.98 Å². The third-order valence-corrected chi connectivity index (χ3v) is 3.00. The van der Waals surface area contributed by atoms with Gasteiger partial charge in [-0.05, 0) is 52.3 Å². The zero-order valence-electron chi connectivity index (χ0n) is 9.55. The number of ether oxygens (including phenoxy) is 1. The van der Waals surface area contributed by atoms with E-state index in [-0.39, 0.29) is 0 Å². The lowest BCUT2D eigenvalue weighted by Gasteiger charge is -1.99. The number of fused-ring (bicyclic) bond motifs is 1. The normalized spacial score (nSPS) is 10.8. The number of benzene rings is 1. The fourth-order valence-electron chi connectivity index (χ4n) is 1.65. The standard InChI is InChI=1S/C13H9BrN2O2/c1-17-9-4-2-8(3-5-9)13-16-12-10(18-13)6-7-11(14)15-12/h2-7H,1H3. The molecule has 0 spiro atoms. The van der Waals surface area contributed by atoms with Crippen molar-refractivity contribution in [2.45, 2.75) is 0 Å². The van der Waals surface area contributed by atoms with E-state index in [0.717, 1.165) is 15.9 Å². The van der Waals surface area contributed by atoms with Crippen LogP contribution in [0.25, 0.3) is 22.7 Å². The fraction of sp³-hybridized carbons (Fsp3) is 0.0769. The van der Waals surface area contributed by atoms with Crippen molar-refractivity contribution in [2.75, 3.05) is 7.11 Å².